The third-order valence-corrected chi connectivity index (χ3v) is 3.62. The standard InChI is InChI=1S/C12H12ClN3OS/c1-8-11(18-15-14-8)7-16(2)12(17)9-3-5-10(13)6-4-9/h3-6H,7H2,1-2H3. The molecule has 0 aliphatic carbocycles. The summed E-state index contributed by atoms with van der Waals surface area (Å²) in [5, 5.41) is 4.55. The normalized spacial score (nSPS) is 10.4. The number of nitrogens with zero attached hydrogens (tertiary/aromatic N) is 3. The van der Waals surface area contributed by atoms with Gasteiger partial charge < -0.3 is 4.90 Å². The van der Waals surface area contributed by atoms with Crippen molar-refractivity contribution in [1.82, 2.24) is 14.5 Å². The van der Waals surface area contributed by atoms with Gasteiger partial charge in [0, 0.05) is 17.6 Å². The quantitative estimate of drug-likeness (QED) is 0.869. The summed E-state index contributed by atoms with van der Waals surface area (Å²) < 4.78 is 3.85. The van der Waals surface area contributed by atoms with E-state index in [1.807, 2.05) is 6.92 Å². The van der Waals surface area contributed by atoms with Gasteiger partial charge in [0.2, 0.25) is 0 Å². The van der Waals surface area contributed by atoms with Crippen LogP contribution in [0.1, 0.15) is 20.9 Å². The third kappa shape index (κ3) is 2.86. The zero-order chi connectivity index (χ0) is 13.1. The van der Waals surface area contributed by atoms with Gasteiger partial charge in [-0.1, -0.05) is 16.1 Å². The van der Waals surface area contributed by atoms with Gasteiger partial charge in [0.05, 0.1) is 17.1 Å². The van der Waals surface area contributed by atoms with Gasteiger partial charge in [-0.05, 0) is 42.7 Å². The molecule has 0 saturated heterocycles. The van der Waals surface area contributed by atoms with Crippen LogP contribution in [-0.2, 0) is 6.54 Å². The van der Waals surface area contributed by atoms with Gasteiger partial charge in [-0.2, -0.15) is 0 Å². The van der Waals surface area contributed by atoms with Crippen LogP contribution in [0.5, 0.6) is 0 Å². The van der Waals surface area contributed by atoms with Gasteiger partial charge in [-0.3, -0.25) is 4.79 Å². The van der Waals surface area contributed by atoms with Gasteiger partial charge in [-0.25, -0.2) is 0 Å². The number of halogens is 1. The molecular weight excluding hydrogens is 270 g/mol. The molecule has 0 unspecified atom stereocenters. The van der Waals surface area contributed by atoms with E-state index in [0.717, 1.165) is 10.6 Å². The summed E-state index contributed by atoms with van der Waals surface area (Å²) in [6.45, 7) is 2.41. The lowest BCUT2D eigenvalue weighted by molar-refractivity contribution is 0.0786. The Morgan fingerprint density at radius 3 is 2.61 bits per heavy atom. The zero-order valence-electron chi connectivity index (χ0n) is 10.1. The highest BCUT2D eigenvalue weighted by atomic mass is 35.5. The fourth-order valence-electron chi connectivity index (χ4n) is 1.50. The Kier molecular flexibility index (Phi) is 3.93. The SMILES string of the molecule is Cc1nnsc1CN(C)C(=O)c1ccc(Cl)cc1. The number of carbonyl (C=O) groups excluding carboxylic acids is 1. The lowest BCUT2D eigenvalue weighted by Crippen LogP contribution is -2.26. The van der Waals surface area contributed by atoms with Crippen molar-refractivity contribution in [2.45, 2.75) is 13.5 Å². The van der Waals surface area contributed by atoms with E-state index in [2.05, 4.69) is 9.59 Å². The summed E-state index contributed by atoms with van der Waals surface area (Å²) in [7, 11) is 1.76. The molecule has 0 saturated carbocycles. The summed E-state index contributed by atoms with van der Waals surface area (Å²) in [5.41, 5.74) is 1.49. The lowest BCUT2D eigenvalue weighted by atomic mass is 10.2. The van der Waals surface area contributed by atoms with Crippen LogP contribution in [0.4, 0.5) is 0 Å². The lowest BCUT2D eigenvalue weighted by Gasteiger charge is -2.16. The van der Waals surface area contributed by atoms with Crippen LogP contribution in [0.15, 0.2) is 24.3 Å². The van der Waals surface area contributed by atoms with E-state index < -0.39 is 0 Å². The Bertz CT molecular complexity index is 553. The predicted octanol–water partition coefficient (Wildman–Crippen LogP) is 2.77. The number of benzene rings is 1. The van der Waals surface area contributed by atoms with Gasteiger partial charge in [0.25, 0.3) is 5.91 Å². The van der Waals surface area contributed by atoms with Crippen LogP contribution in [0.25, 0.3) is 0 Å². The highest BCUT2D eigenvalue weighted by Crippen LogP contribution is 2.15. The number of aromatic nitrogens is 2. The minimum atomic E-state index is -0.0422. The molecule has 0 atom stereocenters. The summed E-state index contributed by atoms with van der Waals surface area (Å²) in [5.74, 6) is -0.0422. The first kappa shape index (κ1) is 13.0. The molecule has 1 amide bonds. The van der Waals surface area contributed by atoms with E-state index in [9.17, 15) is 4.79 Å². The van der Waals surface area contributed by atoms with E-state index in [4.69, 9.17) is 11.6 Å². The largest absolute Gasteiger partial charge is 0.336 e. The molecule has 0 spiro atoms. The van der Waals surface area contributed by atoms with E-state index in [0.29, 0.717) is 17.1 Å². The maximum absolute atomic E-state index is 12.1. The molecule has 94 valence electrons. The molecule has 1 aromatic heterocycles. The first-order valence-corrected chi connectivity index (χ1v) is 6.52. The van der Waals surface area contributed by atoms with Crippen LogP contribution in [0, 0.1) is 6.92 Å². The fraction of sp³-hybridized carbons (Fsp3) is 0.250. The van der Waals surface area contributed by atoms with Crippen molar-refractivity contribution in [2.75, 3.05) is 7.05 Å². The second-order valence-electron chi connectivity index (χ2n) is 3.95. The van der Waals surface area contributed by atoms with Crippen LogP contribution < -0.4 is 0 Å². The molecule has 1 aromatic carbocycles. The van der Waals surface area contributed by atoms with Crippen molar-refractivity contribution in [3.63, 3.8) is 0 Å². The van der Waals surface area contributed by atoms with Crippen molar-refractivity contribution in [3.05, 3.63) is 45.4 Å². The molecule has 1 heterocycles. The number of amides is 1. The van der Waals surface area contributed by atoms with E-state index in [1.165, 1.54) is 11.5 Å². The predicted molar refractivity (Wildman–Crippen MR) is 71.9 cm³/mol. The number of rotatable bonds is 3. The molecule has 2 rings (SSSR count). The van der Waals surface area contributed by atoms with Crippen LogP contribution in [0.2, 0.25) is 5.02 Å². The Balaban J connectivity index is 2.09. The van der Waals surface area contributed by atoms with Gasteiger partial charge >= 0.3 is 0 Å². The van der Waals surface area contributed by atoms with Gasteiger partial charge in [0.15, 0.2) is 0 Å². The van der Waals surface area contributed by atoms with E-state index in [-0.39, 0.29) is 5.91 Å². The summed E-state index contributed by atoms with van der Waals surface area (Å²) >= 11 is 7.11. The van der Waals surface area contributed by atoms with Gasteiger partial charge in [-0.15, -0.1) is 5.10 Å². The second-order valence-corrected chi connectivity index (χ2v) is 5.22. The Labute approximate surface area is 114 Å². The molecule has 0 bridgehead atoms. The van der Waals surface area contributed by atoms with Crippen molar-refractivity contribution >= 4 is 29.0 Å². The summed E-state index contributed by atoms with van der Waals surface area (Å²) in [6, 6.07) is 6.86. The summed E-state index contributed by atoms with van der Waals surface area (Å²) in [4.78, 5) is 14.8. The highest BCUT2D eigenvalue weighted by molar-refractivity contribution is 7.05. The Hall–Kier alpha value is -1.46. The minimum absolute atomic E-state index is 0.0422. The molecule has 4 nitrogen and oxygen atoms in total. The molecule has 0 N–H and O–H groups in total. The topological polar surface area (TPSA) is 46.1 Å². The second kappa shape index (κ2) is 5.46. The number of aryl methyl sites for hydroxylation is 1. The molecule has 18 heavy (non-hydrogen) atoms. The van der Waals surface area contributed by atoms with Crippen molar-refractivity contribution in [2.24, 2.45) is 0 Å². The Morgan fingerprint density at radius 2 is 2.06 bits per heavy atom. The number of hydrogen-bond acceptors (Lipinski definition) is 4. The average Bonchev–Trinajstić information content (AvgIpc) is 2.75. The maximum atomic E-state index is 12.1. The number of carbonyl (C=O) groups is 1. The molecular formula is C12H12ClN3OS. The first-order chi connectivity index (χ1) is 8.58. The summed E-state index contributed by atoms with van der Waals surface area (Å²) in [6.07, 6.45) is 0. The zero-order valence-corrected chi connectivity index (χ0v) is 11.6. The van der Waals surface area contributed by atoms with E-state index in [1.54, 1.807) is 36.2 Å². The first-order valence-electron chi connectivity index (χ1n) is 5.37. The molecule has 2 aromatic rings. The van der Waals surface area contributed by atoms with E-state index >= 15 is 0 Å². The Morgan fingerprint density at radius 1 is 1.39 bits per heavy atom. The van der Waals surface area contributed by atoms with Crippen LogP contribution in [0.3, 0.4) is 0 Å². The smallest absolute Gasteiger partial charge is 0.253 e. The monoisotopic (exact) mass is 281 g/mol. The maximum Gasteiger partial charge on any atom is 0.253 e. The molecule has 0 radical (unpaired) electrons. The van der Waals surface area contributed by atoms with Crippen LogP contribution in [-0.4, -0.2) is 27.4 Å². The highest BCUT2D eigenvalue weighted by Gasteiger charge is 2.14. The van der Waals surface area contributed by atoms with Crippen LogP contribution >= 0.6 is 23.1 Å². The molecule has 0 aliphatic rings. The van der Waals surface area contributed by atoms with Crippen molar-refractivity contribution in [3.8, 4) is 0 Å². The average molecular weight is 282 g/mol. The van der Waals surface area contributed by atoms with Crippen molar-refractivity contribution < 1.29 is 4.79 Å². The molecule has 0 aliphatic heterocycles. The number of hydrogen-bond donors (Lipinski definition) is 0. The minimum Gasteiger partial charge on any atom is -0.336 e. The van der Waals surface area contributed by atoms with Gasteiger partial charge in [0.1, 0.15) is 0 Å². The van der Waals surface area contributed by atoms with Crippen molar-refractivity contribution in [1.29, 1.82) is 0 Å². The fourth-order valence-corrected chi connectivity index (χ4v) is 2.31. The molecule has 6 heteroatoms. The molecule has 0 fully saturated rings. The third-order valence-electron chi connectivity index (χ3n) is 2.56.